The number of hydrogen-bond donors (Lipinski definition) is 1. The van der Waals surface area contributed by atoms with E-state index in [1.54, 1.807) is 0 Å². The molecule has 2 aromatic rings. The Labute approximate surface area is 117 Å². The number of halogens is 2. The maximum atomic E-state index is 5.99. The van der Waals surface area contributed by atoms with Crippen molar-refractivity contribution in [3.05, 3.63) is 63.6 Å². The van der Waals surface area contributed by atoms with Crippen LogP contribution in [0.15, 0.2) is 42.5 Å². The smallest absolute Gasteiger partial charge is 0.0612 e. The van der Waals surface area contributed by atoms with E-state index in [-0.39, 0.29) is 0 Å². The zero-order valence-electron chi connectivity index (χ0n) is 9.79. The Morgan fingerprint density at radius 1 is 1.06 bits per heavy atom. The minimum atomic E-state index is 0.593. The lowest BCUT2D eigenvalue weighted by Crippen LogP contribution is -2.24. The molecule has 0 amide bonds. The van der Waals surface area contributed by atoms with Gasteiger partial charge in [0.15, 0.2) is 0 Å². The second-order valence-corrected chi connectivity index (χ2v) is 5.42. The molecule has 1 aliphatic carbocycles. The largest absolute Gasteiger partial charge is 0.384 e. The third-order valence-electron chi connectivity index (χ3n) is 3.43. The molecule has 0 bridgehead atoms. The first-order valence-electron chi connectivity index (χ1n) is 6.01. The van der Waals surface area contributed by atoms with Crippen LogP contribution in [-0.2, 0) is 6.42 Å². The summed E-state index contributed by atoms with van der Waals surface area (Å²) in [6.45, 7) is 0.939. The van der Waals surface area contributed by atoms with Gasteiger partial charge in [-0.1, -0.05) is 47.5 Å². The Morgan fingerprint density at radius 2 is 1.89 bits per heavy atom. The Kier molecular flexibility index (Phi) is 3.19. The molecule has 1 unspecified atom stereocenters. The van der Waals surface area contributed by atoms with E-state index in [1.807, 2.05) is 18.2 Å². The van der Waals surface area contributed by atoms with E-state index < -0.39 is 0 Å². The molecular weight excluding hydrogens is 265 g/mol. The van der Waals surface area contributed by atoms with Crippen LogP contribution in [0.5, 0.6) is 0 Å². The van der Waals surface area contributed by atoms with Gasteiger partial charge >= 0.3 is 0 Å². The third kappa shape index (κ3) is 2.21. The van der Waals surface area contributed by atoms with Gasteiger partial charge in [0.1, 0.15) is 0 Å². The summed E-state index contributed by atoms with van der Waals surface area (Å²) in [7, 11) is 0. The molecule has 0 aromatic heterocycles. The Hall–Kier alpha value is -1.18. The van der Waals surface area contributed by atoms with Gasteiger partial charge in [-0.05, 0) is 35.7 Å². The fourth-order valence-electron chi connectivity index (χ4n) is 2.39. The molecule has 2 aromatic carbocycles. The van der Waals surface area contributed by atoms with Gasteiger partial charge in [-0.25, -0.2) is 0 Å². The van der Waals surface area contributed by atoms with Crippen molar-refractivity contribution in [1.82, 2.24) is 0 Å². The van der Waals surface area contributed by atoms with E-state index in [9.17, 15) is 0 Å². The molecule has 3 heteroatoms. The van der Waals surface area contributed by atoms with Gasteiger partial charge in [-0.3, -0.25) is 0 Å². The molecular formula is C15H13Cl2N. The monoisotopic (exact) mass is 277 g/mol. The predicted molar refractivity (Wildman–Crippen MR) is 77.8 cm³/mol. The molecule has 18 heavy (non-hydrogen) atoms. The highest BCUT2D eigenvalue weighted by molar-refractivity contribution is 6.42. The number of rotatable bonds is 3. The molecule has 92 valence electrons. The summed E-state index contributed by atoms with van der Waals surface area (Å²) >= 11 is 11.9. The van der Waals surface area contributed by atoms with Crippen molar-refractivity contribution in [2.24, 2.45) is 0 Å². The number of nitrogens with one attached hydrogen (secondary N) is 1. The van der Waals surface area contributed by atoms with Gasteiger partial charge < -0.3 is 5.32 Å². The molecule has 1 atom stereocenters. The molecule has 0 fully saturated rings. The number of benzene rings is 2. The fraction of sp³-hybridized carbons (Fsp3) is 0.200. The van der Waals surface area contributed by atoms with Crippen LogP contribution in [-0.4, -0.2) is 6.54 Å². The Bertz CT molecular complexity index is 580. The van der Waals surface area contributed by atoms with Crippen LogP contribution < -0.4 is 5.32 Å². The Morgan fingerprint density at radius 3 is 2.67 bits per heavy atom. The maximum Gasteiger partial charge on any atom is 0.0612 e. The minimum absolute atomic E-state index is 0.593. The summed E-state index contributed by atoms with van der Waals surface area (Å²) < 4.78 is 0. The molecule has 0 radical (unpaired) electrons. The molecule has 0 saturated carbocycles. The van der Waals surface area contributed by atoms with Crippen molar-refractivity contribution in [3.63, 3.8) is 0 Å². The van der Waals surface area contributed by atoms with Crippen molar-refractivity contribution in [1.29, 1.82) is 0 Å². The van der Waals surface area contributed by atoms with Gasteiger partial charge in [0, 0.05) is 18.2 Å². The standard InChI is InChI=1S/C15H13Cl2N/c16-14-6-5-12(8-15(14)17)18-9-11-7-10-3-1-2-4-13(10)11/h1-6,8,11,18H,7,9H2. The van der Waals surface area contributed by atoms with Gasteiger partial charge in [0.05, 0.1) is 10.0 Å². The highest BCUT2D eigenvalue weighted by Gasteiger charge is 2.24. The highest BCUT2D eigenvalue weighted by Crippen LogP contribution is 2.35. The molecule has 1 nitrogen and oxygen atoms in total. The Balaban J connectivity index is 1.65. The fourth-order valence-corrected chi connectivity index (χ4v) is 2.69. The van der Waals surface area contributed by atoms with E-state index in [0.29, 0.717) is 16.0 Å². The van der Waals surface area contributed by atoms with E-state index in [4.69, 9.17) is 23.2 Å². The molecule has 0 saturated heterocycles. The van der Waals surface area contributed by atoms with E-state index >= 15 is 0 Å². The van der Waals surface area contributed by atoms with Crippen molar-refractivity contribution in [3.8, 4) is 0 Å². The quantitative estimate of drug-likeness (QED) is 0.854. The van der Waals surface area contributed by atoms with Gasteiger partial charge in [0.2, 0.25) is 0 Å². The number of anilines is 1. The molecule has 1 N–H and O–H groups in total. The number of fused-ring (bicyclic) bond motifs is 1. The van der Waals surface area contributed by atoms with E-state index in [2.05, 4.69) is 29.6 Å². The molecule has 0 spiro atoms. The summed E-state index contributed by atoms with van der Waals surface area (Å²) in [5.41, 5.74) is 3.96. The van der Waals surface area contributed by atoms with Crippen molar-refractivity contribution >= 4 is 28.9 Å². The number of hydrogen-bond acceptors (Lipinski definition) is 1. The first-order valence-corrected chi connectivity index (χ1v) is 6.76. The summed E-state index contributed by atoms with van der Waals surface area (Å²) in [4.78, 5) is 0. The maximum absolute atomic E-state index is 5.99. The average Bonchev–Trinajstić information content (AvgIpc) is 2.35. The lowest BCUT2D eigenvalue weighted by atomic mass is 9.77. The molecule has 0 heterocycles. The van der Waals surface area contributed by atoms with Gasteiger partial charge in [-0.2, -0.15) is 0 Å². The van der Waals surface area contributed by atoms with Crippen LogP contribution in [0.2, 0.25) is 10.0 Å². The summed E-state index contributed by atoms with van der Waals surface area (Å²) in [6.07, 6.45) is 1.16. The van der Waals surface area contributed by atoms with Crippen LogP contribution >= 0.6 is 23.2 Å². The summed E-state index contributed by atoms with van der Waals surface area (Å²) in [6, 6.07) is 14.3. The van der Waals surface area contributed by atoms with E-state index in [1.165, 1.54) is 11.1 Å². The summed E-state index contributed by atoms with van der Waals surface area (Å²) in [5, 5.41) is 4.60. The normalized spacial score (nSPS) is 16.9. The third-order valence-corrected chi connectivity index (χ3v) is 4.17. The SMILES string of the molecule is Clc1ccc(NCC2Cc3ccccc32)cc1Cl. The first kappa shape index (κ1) is 11.9. The van der Waals surface area contributed by atoms with Crippen molar-refractivity contribution in [2.75, 3.05) is 11.9 Å². The van der Waals surface area contributed by atoms with Crippen LogP contribution in [0.1, 0.15) is 17.0 Å². The second-order valence-electron chi connectivity index (χ2n) is 4.61. The predicted octanol–water partition coefficient (Wildman–Crippen LogP) is 4.75. The minimum Gasteiger partial charge on any atom is -0.384 e. The van der Waals surface area contributed by atoms with E-state index in [0.717, 1.165) is 18.7 Å². The highest BCUT2D eigenvalue weighted by atomic mass is 35.5. The average molecular weight is 278 g/mol. The van der Waals surface area contributed by atoms with Gasteiger partial charge in [0.25, 0.3) is 0 Å². The van der Waals surface area contributed by atoms with Crippen LogP contribution in [0.25, 0.3) is 0 Å². The first-order chi connectivity index (χ1) is 8.74. The molecule has 3 rings (SSSR count). The van der Waals surface area contributed by atoms with Crippen molar-refractivity contribution < 1.29 is 0 Å². The lowest BCUT2D eigenvalue weighted by molar-refractivity contribution is 0.636. The van der Waals surface area contributed by atoms with Crippen LogP contribution in [0, 0.1) is 0 Å². The molecule has 0 aliphatic heterocycles. The van der Waals surface area contributed by atoms with Crippen LogP contribution in [0.3, 0.4) is 0 Å². The lowest BCUT2D eigenvalue weighted by Gasteiger charge is -2.30. The zero-order chi connectivity index (χ0) is 12.5. The summed E-state index contributed by atoms with van der Waals surface area (Å²) in [5.74, 6) is 0.607. The molecule has 1 aliphatic rings. The van der Waals surface area contributed by atoms with Crippen molar-refractivity contribution in [2.45, 2.75) is 12.3 Å². The zero-order valence-corrected chi connectivity index (χ0v) is 11.3. The van der Waals surface area contributed by atoms with Gasteiger partial charge in [-0.15, -0.1) is 0 Å². The van der Waals surface area contributed by atoms with Crippen LogP contribution in [0.4, 0.5) is 5.69 Å². The second kappa shape index (κ2) is 4.83. The topological polar surface area (TPSA) is 12.0 Å².